The number of hydrogen-bond acceptors (Lipinski definition) is 4. The Balaban J connectivity index is 1.39. The van der Waals surface area contributed by atoms with Crippen LogP contribution in [0.25, 0.3) is 11.3 Å². The van der Waals surface area contributed by atoms with Gasteiger partial charge in [0.2, 0.25) is 0 Å². The molecule has 5 rings (SSSR count). The minimum atomic E-state index is -0.366. The maximum atomic E-state index is 12.6. The van der Waals surface area contributed by atoms with Gasteiger partial charge < -0.3 is 15.7 Å². The standard InChI is InChI=1S/C23H21ClN4O3/c24-18-4-2-1-3-16(18)22(30)25-15-9-10-17(21(29)11-15)19-12-20(13-5-6-13)28(27-19)23(31)26-14-7-8-14/h1-4,9-14,29H,5-8H2,(H,25,30)(H,26,31). The lowest BCUT2D eigenvalue weighted by Crippen LogP contribution is -2.32. The summed E-state index contributed by atoms with van der Waals surface area (Å²) < 4.78 is 1.43. The number of aromatic hydroxyl groups is 1. The van der Waals surface area contributed by atoms with Crippen LogP contribution in [0.3, 0.4) is 0 Å². The van der Waals surface area contributed by atoms with Crippen molar-refractivity contribution >= 4 is 29.2 Å². The summed E-state index contributed by atoms with van der Waals surface area (Å²) in [5.74, 6) is -0.0797. The molecule has 0 radical (unpaired) electrons. The summed E-state index contributed by atoms with van der Waals surface area (Å²) in [6, 6.07) is 13.5. The number of phenolic OH excluding ortho intramolecular Hbond substituents is 1. The Hall–Kier alpha value is -3.32. The van der Waals surface area contributed by atoms with E-state index in [1.54, 1.807) is 36.4 Å². The van der Waals surface area contributed by atoms with Gasteiger partial charge in [-0.1, -0.05) is 23.7 Å². The van der Waals surface area contributed by atoms with Gasteiger partial charge in [-0.05, 0) is 56.0 Å². The Labute approximate surface area is 184 Å². The van der Waals surface area contributed by atoms with Gasteiger partial charge in [-0.15, -0.1) is 0 Å². The molecule has 2 aliphatic rings. The fraction of sp³-hybridized carbons (Fsp3) is 0.261. The first-order valence-electron chi connectivity index (χ1n) is 10.3. The van der Waals surface area contributed by atoms with E-state index < -0.39 is 0 Å². The summed E-state index contributed by atoms with van der Waals surface area (Å²) >= 11 is 6.08. The van der Waals surface area contributed by atoms with E-state index >= 15 is 0 Å². The molecule has 2 amide bonds. The summed E-state index contributed by atoms with van der Waals surface area (Å²) in [5, 5.41) is 21.1. The Kier molecular flexibility index (Phi) is 4.90. The molecule has 0 bridgehead atoms. The topological polar surface area (TPSA) is 96.3 Å². The molecule has 8 heteroatoms. The number of aromatic nitrogens is 2. The predicted molar refractivity (Wildman–Crippen MR) is 118 cm³/mol. The quantitative estimate of drug-likeness (QED) is 0.537. The second kappa shape index (κ2) is 7.74. The maximum absolute atomic E-state index is 12.6. The average molecular weight is 437 g/mol. The van der Waals surface area contributed by atoms with Crippen molar-refractivity contribution in [2.45, 2.75) is 37.6 Å². The van der Waals surface area contributed by atoms with E-state index in [4.69, 9.17) is 11.6 Å². The molecule has 1 heterocycles. The van der Waals surface area contributed by atoms with Crippen molar-refractivity contribution in [1.82, 2.24) is 15.1 Å². The first-order chi connectivity index (χ1) is 15.0. The Morgan fingerprint density at radius 1 is 1.06 bits per heavy atom. The average Bonchev–Trinajstić information content (AvgIpc) is 3.68. The number of nitrogens with one attached hydrogen (secondary N) is 2. The van der Waals surface area contributed by atoms with Gasteiger partial charge in [-0.3, -0.25) is 4.79 Å². The van der Waals surface area contributed by atoms with E-state index in [-0.39, 0.29) is 23.7 Å². The van der Waals surface area contributed by atoms with Crippen LogP contribution in [0.5, 0.6) is 5.75 Å². The zero-order valence-electron chi connectivity index (χ0n) is 16.6. The van der Waals surface area contributed by atoms with Crippen molar-refractivity contribution in [2.24, 2.45) is 0 Å². The molecule has 1 aromatic heterocycles. The number of anilines is 1. The van der Waals surface area contributed by atoms with Gasteiger partial charge in [0.1, 0.15) is 5.75 Å². The fourth-order valence-electron chi connectivity index (χ4n) is 3.49. The van der Waals surface area contributed by atoms with E-state index in [9.17, 15) is 14.7 Å². The second-order valence-electron chi connectivity index (χ2n) is 8.03. The van der Waals surface area contributed by atoms with Crippen LogP contribution in [0, 0.1) is 0 Å². The normalized spacial score (nSPS) is 15.5. The van der Waals surface area contributed by atoms with Crippen molar-refractivity contribution in [1.29, 1.82) is 0 Å². The lowest BCUT2D eigenvalue weighted by molar-refractivity contribution is 0.102. The molecule has 3 N–H and O–H groups in total. The zero-order chi connectivity index (χ0) is 21.5. The highest BCUT2D eigenvalue weighted by atomic mass is 35.5. The minimum absolute atomic E-state index is 0.0356. The molecule has 2 fully saturated rings. The second-order valence-corrected chi connectivity index (χ2v) is 8.44. The number of hydrogen-bond donors (Lipinski definition) is 3. The number of amides is 2. The number of carbonyl (C=O) groups excluding carboxylic acids is 2. The highest BCUT2D eigenvalue weighted by molar-refractivity contribution is 6.34. The predicted octanol–water partition coefficient (Wildman–Crippen LogP) is 4.76. The number of benzene rings is 2. The minimum Gasteiger partial charge on any atom is -0.507 e. The van der Waals surface area contributed by atoms with Crippen LogP contribution in [-0.2, 0) is 0 Å². The van der Waals surface area contributed by atoms with Crippen molar-refractivity contribution in [3.63, 3.8) is 0 Å². The third-order valence-corrected chi connectivity index (χ3v) is 5.81. The fourth-order valence-corrected chi connectivity index (χ4v) is 3.71. The van der Waals surface area contributed by atoms with E-state index in [1.807, 2.05) is 6.07 Å². The van der Waals surface area contributed by atoms with Crippen molar-refractivity contribution in [3.05, 3.63) is 64.8 Å². The van der Waals surface area contributed by atoms with E-state index in [2.05, 4.69) is 15.7 Å². The number of rotatable bonds is 5. The molecule has 2 saturated carbocycles. The Bertz CT molecular complexity index is 1180. The van der Waals surface area contributed by atoms with Crippen LogP contribution in [0.1, 0.15) is 47.7 Å². The lowest BCUT2D eigenvalue weighted by Gasteiger charge is -2.09. The van der Waals surface area contributed by atoms with Crippen LogP contribution in [0.15, 0.2) is 48.5 Å². The smallest absolute Gasteiger partial charge is 0.342 e. The van der Waals surface area contributed by atoms with Gasteiger partial charge in [0, 0.05) is 29.3 Å². The van der Waals surface area contributed by atoms with Crippen LogP contribution in [0.2, 0.25) is 5.02 Å². The summed E-state index contributed by atoms with van der Waals surface area (Å²) in [5.41, 5.74) is 2.66. The number of carbonyl (C=O) groups is 2. The monoisotopic (exact) mass is 436 g/mol. The molecular formula is C23H21ClN4O3. The largest absolute Gasteiger partial charge is 0.507 e. The lowest BCUT2D eigenvalue weighted by atomic mass is 10.1. The highest BCUT2D eigenvalue weighted by Gasteiger charge is 2.32. The van der Waals surface area contributed by atoms with Gasteiger partial charge >= 0.3 is 6.03 Å². The molecule has 0 saturated heterocycles. The first kappa shape index (κ1) is 19.6. The van der Waals surface area contributed by atoms with Crippen LogP contribution in [-0.4, -0.2) is 32.9 Å². The number of nitrogens with zero attached hydrogens (tertiary/aromatic N) is 2. The molecular weight excluding hydrogens is 416 g/mol. The molecule has 2 aromatic carbocycles. The SMILES string of the molecule is O=C(Nc1ccc(-c2cc(C3CC3)n(C(=O)NC3CC3)n2)c(O)c1)c1ccccc1Cl. The van der Waals surface area contributed by atoms with Gasteiger partial charge in [0.05, 0.1) is 22.0 Å². The molecule has 158 valence electrons. The van der Waals surface area contributed by atoms with Gasteiger partial charge in [0.15, 0.2) is 0 Å². The van der Waals surface area contributed by atoms with Crippen molar-refractivity contribution in [3.8, 4) is 17.0 Å². The molecule has 2 aliphatic carbocycles. The highest BCUT2D eigenvalue weighted by Crippen LogP contribution is 2.42. The summed E-state index contributed by atoms with van der Waals surface area (Å²) in [7, 11) is 0. The Morgan fingerprint density at radius 3 is 2.52 bits per heavy atom. The molecule has 3 aromatic rings. The number of halogens is 1. The molecule has 31 heavy (non-hydrogen) atoms. The summed E-state index contributed by atoms with van der Waals surface area (Å²) in [4.78, 5) is 25.0. The van der Waals surface area contributed by atoms with Crippen LogP contribution in [0.4, 0.5) is 10.5 Å². The van der Waals surface area contributed by atoms with Gasteiger partial charge in [-0.2, -0.15) is 9.78 Å². The number of phenols is 1. The van der Waals surface area contributed by atoms with Gasteiger partial charge in [0.25, 0.3) is 5.91 Å². The van der Waals surface area contributed by atoms with Gasteiger partial charge in [-0.25, -0.2) is 4.79 Å². The van der Waals surface area contributed by atoms with E-state index in [0.717, 1.165) is 31.4 Å². The third kappa shape index (κ3) is 4.14. The molecule has 7 nitrogen and oxygen atoms in total. The molecule has 0 atom stereocenters. The molecule has 0 aliphatic heterocycles. The summed E-state index contributed by atoms with van der Waals surface area (Å²) in [6.45, 7) is 0. The van der Waals surface area contributed by atoms with Crippen molar-refractivity contribution < 1.29 is 14.7 Å². The van der Waals surface area contributed by atoms with Crippen LogP contribution >= 0.6 is 11.6 Å². The molecule has 0 spiro atoms. The van der Waals surface area contributed by atoms with E-state index in [0.29, 0.717) is 33.4 Å². The first-order valence-corrected chi connectivity index (χ1v) is 10.7. The maximum Gasteiger partial charge on any atom is 0.342 e. The molecule has 0 unspecified atom stereocenters. The van der Waals surface area contributed by atoms with Crippen molar-refractivity contribution in [2.75, 3.05) is 5.32 Å². The third-order valence-electron chi connectivity index (χ3n) is 5.48. The Morgan fingerprint density at radius 2 is 1.84 bits per heavy atom. The summed E-state index contributed by atoms with van der Waals surface area (Å²) in [6.07, 6.45) is 4.06. The van der Waals surface area contributed by atoms with E-state index in [1.165, 1.54) is 10.7 Å². The van der Waals surface area contributed by atoms with Crippen LogP contribution < -0.4 is 10.6 Å². The zero-order valence-corrected chi connectivity index (χ0v) is 17.4.